The van der Waals surface area contributed by atoms with Crippen molar-refractivity contribution in [3.63, 3.8) is 0 Å². The van der Waals surface area contributed by atoms with Gasteiger partial charge in [-0.25, -0.2) is 0 Å². The van der Waals surface area contributed by atoms with E-state index in [1.54, 1.807) is 24.3 Å². The molecule has 5 nitrogen and oxygen atoms in total. The predicted octanol–water partition coefficient (Wildman–Crippen LogP) is 2.19. The van der Waals surface area contributed by atoms with Crippen molar-refractivity contribution in [2.45, 2.75) is 4.90 Å². The van der Waals surface area contributed by atoms with E-state index < -0.39 is 10.1 Å². The molecule has 19 heavy (non-hydrogen) atoms. The molecule has 0 saturated carbocycles. The molecule has 0 atom stereocenters. The number of benzene rings is 2. The van der Waals surface area contributed by atoms with Gasteiger partial charge in [0.15, 0.2) is 0 Å². The summed E-state index contributed by atoms with van der Waals surface area (Å²) >= 11 is 0. The van der Waals surface area contributed by atoms with E-state index in [1.165, 1.54) is 12.1 Å². The van der Waals surface area contributed by atoms with Crippen LogP contribution in [-0.4, -0.2) is 13.0 Å². The van der Waals surface area contributed by atoms with Crippen LogP contribution in [-0.2, 0) is 10.1 Å². The van der Waals surface area contributed by atoms with E-state index in [2.05, 4.69) is 0 Å². The summed E-state index contributed by atoms with van der Waals surface area (Å²) in [7, 11) is -4.32. The monoisotopic (exact) mass is 276 g/mol. The number of rotatable bonds is 1. The maximum Gasteiger partial charge on any atom is 0.294 e. The maximum absolute atomic E-state index is 12.2. The minimum atomic E-state index is -4.32. The molecule has 96 valence electrons. The van der Waals surface area contributed by atoms with Gasteiger partial charge in [0.2, 0.25) is 5.43 Å². The lowest BCUT2D eigenvalue weighted by molar-refractivity contribution is 0.483. The minimum absolute atomic E-state index is 0.124. The average molecular weight is 276 g/mol. The summed E-state index contributed by atoms with van der Waals surface area (Å²) in [5.41, 5.74) is 0.255. The molecular formula is C13H8O5S. The van der Waals surface area contributed by atoms with Gasteiger partial charge >= 0.3 is 0 Å². The summed E-state index contributed by atoms with van der Waals surface area (Å²) in [6.07, 6.45) is 0. The molecule has 0 aliphatic carbocycles. The van der Waals surface area contributed by atoms with Crippen LogP contribution in [0.4, 0.5) is 0 Å². The van der Waals surface area contributed by atoms with Crippen LogP contribution in [0.2, 0.25) is 0 Å². The van der Waals surface area contributed by atoms with Crippen LogP contribution < -0.4 is 5.43 Å². The molecule has 0 radical (unpaired) electrons. The molecule has 0 aliphatic heterocycles. The lowest BCUT2D eigenvalue weighted by Crippen LogP contribution is -2.03. The van der Waals surface area contributed by atoms with E-state index in [0.717, 1.165) is 6.07 Å². The van der Waals surface area contributed by atoms with Crippen molar-refractivity contribution in [2.24, 2.45) is 0 Å². The van der Waals surface area contributed by atoms with Crippen molar-refractivity contribution in [3.8, 4) is 0 Å². The SMILES string of the molecule is O=c1c2ccccc2oc2cc(S(=O)(=O)O)ccc12. The largest absolute Gasteiger partial charge is 0.456 e. The van der Waals surface area contributed by atoms with Gasteiger partial charge in [0.1, 0.15) is 11.2 Å². The Morgan fingerprint density at radius 1 is 0.947 bits per heavy atom. The Balaban J connectivity index is 2.49. The Bertz CT molecular complexity index is 954. The highest BCUT2D eigenvalue weighted by atomic mass is 32.2. The highest BCUT2D eigenvalue weighted by Crippen LogP contribution is 2.21. The second kappa shape index (κ2) is 3.91. The molecule has 0 aliphatic rings. The lowest BCUT2D eigenvalue weighted by atomic mass is 10.1. The standard InChI is InChI=1S/C13H8O5S/c14-13-9-3-1-2-4-11(9)18-12-7-8(19(15,16)17)5-6-10(12)13/h1-7H,(H,15,16,17). The van der Waals surface area contributed by atoms with Gasteiger partial charge < -0.3 is 4.42 Å². The van der Waals surface area contributed by atoms with Crippen LogP contribution in [0.3, 0.4) is 0 Å². The highest BCUT2D eigenvalue weighted by Gasteiger charge is 2.13. The zero-order valence-electron chi connectivity index (χ0n) is 9.53. The van der Waals surface area contributed by atoms with Crippen LogP contribution >= 0.6 is 0 Å². The fraction of sp³-hybridized carbons (Fsp3) is 0. The molecule has 0 saturated heterocycles. The van der Waals surface area contributed by atoms with E-state index in [4.69, 9.17) is 8.97 Å². The Kier molecular flexibility index (Phi) is 2.44. The summed E-state index contributed by atoms with van der Waals surface area (Å²) in [5, 5.41) is 0.695. The van der Waals surface area contributed by atoms with Crippen molar-refractivity contribution >= 4 is 32.1 Å². The van der Waals surface area contributed by atoms with E-state index in [1.807, 2.05) is 0 Å². The van der Waals surface area contributed by atoms with Crippen molar-refractivity contribution in [3.05, 3.63) is 52.7 Å². The first-order valence-electron chi connectivity index (χ1n) is 5.40. The third-order valence-corrected chi connectivity index (χ3v) is 3.70. The highest BCUT2D eigenvalue weighted by molar-refractivity contribution is 7.85. The zero-order valence-corrected chi connectivity index (χ0v) is 10.3. The second-order valence-corrected chi connectivity index (χ2v) is 5.48. The Morgan fingerprint density at radius 3 is 2.37 bits per heavy atom. The van der Waals surface area contributed by atoms with Gasteiger partial charge in [-0.1, -0.05) is 12.1 Å². The van der Waals surface area contributed by atoms with Crippen molar-refractivity contribution in [2.75, 3.05) is 0 Å². The molecule has 0 spiro atoms. The Hall–Kier alpha value is -2.18. The van der Waals surface area contributed by atoms with Crippen LogP contribution in [0.15, 0.2) is 56.6 Å². The second-order valence-electron chi connectivity index (χ2n) is 4.06. The molecule has 0 bridgehead atoms. The van der Waals surface area contributed by atoms with Crippen LogP contribution in [0.25, 0.3) is 21.9 Å². The van der Waals surface area contributed by atoms with Crippen LogP contribution in [0.1, 0.15) is 0 Å². The zero-order chi connectivity index (χ0) is 13.6. The fourth-order valence-electron chi connectivity index (χ4n) is 1.94. The molecule has 2 aromatic carbocycles. The van der Waals surface area contributed by atoms with E-state index in [9.17, 15) is 13.2 Å². The van der Waals surface area contributed by atoms with E-state index in [0.29, 0.717) is 11.0 Å². The fourth-order valence-corrected chi connectivity index (χ4v) is 2.44. The number of hydrogen-bond donors (Lipinski definition) is 1. The first kappa shape index (κ1) is 11.9. The molecule has 1 heterocycles. The van der Waals surface area contributed by atoms with Crippen molar-refractivity contribution < 1.29 is 17.4 Å². The normalized spacial score (nSPS) is 12.1. The van der Waals surface area contributed by atoms with Gasteiger partial charge in [-0.2, -0.15) is 8.42 Å². The molecule has 1 N–H and O–H groups in total. The summed E-state index contributed by atoms with van der Waals surface area (Å²) < 4.78 is 36.6. The van der Waals surface area contributed by atoms with E-state index in [-0.39, 0.29) is 21.3 Å². The molecule has 3 rings (SSSR count). The molecule has 0 amide bonds. The topological polar surface area (TPSA) is 84.6 Å². The third kappa shape index (κ3) is 1.91. The summed E-state index contributed by atoms with van der Waals surface area (Å²) in [6.45, 7) is 0. The lowest BCUT2D eigenvalue weighted by Gasteiger charge is -2.02. The number of fused-ring (bicyclic) bond motifs is 2. The Labute approximate surface area is 107 Å². The smallest absolute Gasteiger partial charge is 0.294 e. The van der Waals surface area contributed by atoms with Gasteiger partial charge in [-0.3, -0.25) is 9.35 Å². The molecular weight excluding hydrogens is 268 g/mol. The molecule has 0 unspecified atom stereocenters. The van der Waals surface area contributed by atoms with Gasteiger partial charge in [-0.05, 0) is 24.3 Å². The first-order chi connectivity index (χ1) is 8.97. The number of hydrogen-bond acceptors (Lipinski definition) is 4. The van der Waals surface area contributed by atoms with Gasteiger partial charge in [0.25, 0.3) is 10.1 Å². The van der Waals surface area contributed by atoms with Crippen LogP contribution in [0, 0.1) is 0 Å². The summed E-state index contributed by atoms with van der Waals surface area (Å²) in [4.78, 5) is 11.9. The average Bonchev–Trinajstić information content (AvgIpc) is 2.37. The van der Waals surface area contributed by atoms with Crippen molar-refractivity contribution in [1.29, 1.82) is 0 Å². The minimum Gasteiger partial charge on any atom is -0.456 e. The van der Waals surface area contributed by atoms with E-state index >= 15 is 0 Å². The van der Waals surface area contributed by atoms with Gasteiger partial charge in [0, 0.05) is 6.07 Å². The predicted molar refractivity (Wildman–Crippen MR) is 69.8 cm³/mol. The quantitative estimate of drug-likeness (QED) is 0.544. The van der Waals surface area contributed by atoms with Gasteiger partial charge in [0.05, 0.1) is 15.7 Å². The Morgan fingerprint density at radius 2 is 1.63 bits per heavy atom. The maximum atomic E-state index is 12.2. The molecule has 1 aromatic heterocycles. The number of para-hydroxylation sites is 1. The van der Waals surface area contributed by atoms with Gasteiger partial charge in [-0.15, -0.1) is 0 Å². The summed E-state index contributed by atoms with van der Waals surface area (Å²) in [5.74, 6) is 0. The molecule has 6 heteroatoms. The first-order valence-corrected chi connectivity index (χ1v) is 6.84. The third-order valence-electron chi connectivity index (χ3n) is 2.85. The van der Waals surface area contributed by atoms with Crippen LogP contribution in [0.5, 0.6) is 0 Å². The molecule has 0 fully saturated rings. The van der Waals surface area contributed by atoms with Crippen molar-refractivity contribution in [1.82, 2.24) is 0 Å². The molecule has 3 aromatic rings. The summed E-state index contributed by atoms with van der Waals surface area (Å²) in [6, 6.07) is 10.3.